The van der Waals surface area contributed by atoms with Gasteiger partial charge in [-0.15, -0.1) is 0 Å². The molecule has 1 amide bonds. The van der Waals surface area contributed by atoms with Gasteiger partial charge in [0.25, 0.3) is 12.0 Å². The molecule has 64 heavy (non-hydrogen) atoms. The minimum atomic E-state index is -3.30. The number of pyridine rings is 1. The largest absolute Gasteiger partial charge is 0.462 e. The van der Waals surface area contributed by atoms with Crippen molar-refractivity contribution in [2.75, 3.05) is 44.9 Å². The van der Waals surface area contributed by atoms with Crippen LogP contribution in [0.1, 0.15) is 126 Å². The van der Waals surface area contributed by atoms with Crippen LogP contribution in [0.3, 0.4) is 0 Å². The molecule has 14 nitrogen and oxygen atoms in total. The van der Waals surface area contributed by atoms with Gasteiger partial charge in [0.05, 0.1) is 10.6 Å². The molecule has 1 fully saturated rings. The number of aldehydes is 1. The smallest absolute Gasteiger partial charge is 0.302 e. The molecule has 0 aliphatic carbocycles. The molecule has 0 radical (unpaired) electrons. The van der Waals surface area contributed by atoms with Crippen LogP contribution in [0, 0.1) is 5.92 Å². The Hall–Kier alpha value is -4.51. The first-order valence-corrected chi connectivity index (χ1v) is 22.2. The molecule has 1 aromatic carbocycles. The molecule has 0 spiro atoms. The number of furan rings is 1. The number of carbonyl (C=O) groups is 3. The molecular weight excluding hydrogens is 852 g/mol. The molecule has 1 saturated heterocycles. The normalized spacial score (nSPS) is 14.6. The summed E-state index contributed by atoms with van der Waals surface area (Å²) in [7, 11) is 1.68. The Labute approximate surface area is 382 Å². The Morgan fingerprint density at radius 3 is 2.28 bits per heavy atom. The number of nitrogens with one attached hydrogen (secondary N) is 2. The number of anilines is 1. The minimum absolute atomic E-state index is 0.0442. The third kappa shape index (κ3) is 21.0. The van der Waals surface area contributed by atoms with Gasteiger partial charge in [0.15, 0.2) is 23.5 Å². The SMILES string of the molecule is CC.CC(C)(C)OC=O.CCOC.C[C@@H](CNC=O)C(CCOC(C)(C)C)c1cc(Cl)c[nH]c1=O.C[C@@H]1CCCN1c1nc(COCCCC(F)(F)C=O)nc2c1oc1ccccc12. The van der Waals surface area contributed by atoms with E-state index >= 15 is 0 Å². The van der Waals surface area contributed by atoms with Crippen LogP contribution in [0.25, 0.3) is 22.1 Å². The summed E-state index contributed by atoms with van der Waals surface area (Å²) in [6.45, 7) is 25.0. The van der Waals surface area contributed by atoms with Crippen molar-refractivity contribution in [1.82, 2.24) is 20.3 Å². The first kappa shape index (κ1) is 57.5. The number of benzene rings is 1. The molecule has 1 unspecified atom stereocenters. The van der Waals surface area contributed by atoms with Gasteiger partial charge in [-0.05, 0) is 111 Å². The number of rotatable bonds is 18. The van der Waals surface area contributed by atoms with Crippen molar-refractivity contribution in [3.05, 3.63) is 63.3 Å². The first-order chi connectivity index (χ1) is 30.2. The lowest BCUT2D eigenvalue weighted by Crippen LogP contribution is -2.29. The summed E-state index contributed by atoms with van der Waals surface area (Å²) < 4.78 is 52.4. The third-order valence-electron chi connectivity index (χ3n) is 9.44. The Morgan fingerprint density at radius 2 is 1.73 bits per heavy atom. The van der Waals surface area contributed by atoms with Crippen LogP contribution in [0.4, 0.5) is 14.6 Å². The molecule has 1 aliphatic rings. The summed E-state index contributed by atoms with van der Waals surface area (Å²) in [5.74, 6) is -2.01. The maximum Gasteiger partial charge on any atom is 0.302 e. The Balaban J connectivity index is 0.000000515. The molecule has 4 aromatic rings. The fraction of sp³-hybridized carbons (Fsp3) is 0.617. The van der Waals surface area contributed by atoms with Crippen LogP contribution in [0.2, 0.25) is 5.02 Å². The lowest BCUT2D eigenvalue weighted by atomic mass is 9.85. The lowest BCUT2D eigenvalue weighted by Gasteiger charge is -2.26. The number of H-pyrrole nitrogens is 1. The van der Waals surface area contributed by atoms with Gasteiger partial charge in [0, 0.05) is 69.6 Å². The Bertz CT molecular complexity index is 2010. The molecule has 3 atom stereocenters. The van der Waals surface area contributed by atoms with Gasteiger partial charge in [0.1, 0.15) is 23.3 Å². The number of fused-ring (bicyclic) bond motifs is 3. The van der Waals surface area contributed by atoms with Crippen LogP contribution in [0.5, 0.6) is 0 Å². The fourth-order valence-corrected chi connectivity index (χ4v) is 6.44. The zero-order valence-electron chi connectivity index (χ0n) is 39.9. The van der Waals surface area contributed by atoms with E-state index in [1.165, 1.54) is 6.20 Å². The monoisotopic (exact) mass is 923 g/mol. The Morgan fingerprint density at radius 1 is 1.06 bits per heavy atom. The van der Waals surface area contributed by atoms with E-state index < -0.39 is 12.3 Å². The van der Waals surface area contributed by atoms with Gasteiger partial charge >= 0.3 is 5.92 Å². The molecule has 2 N–H and O–H groups in total. The standard InChI is InChI=1S/C21H23F2N3O3.C16H25ClN2O3.C5H10O2.C3H8O.C2H6/c1-14-6-4-10-26(14)20-19-18(15-7-2-3-8-16(15)29-19)24-17(25-20)12-28-11-5-9-21(22,23)13-27;1-11(8-18-10-20)13(5-6-22-16(2,3)4)14-7-12(17)9-19-15(14)21;1-5(2,3)7-4-6;1-3-4-2;1-2/h2-3,7-8,13-14H,4-6,9-12H2,1H3;7,9-11,13H,5-6,8H2,1-4H3,(H,18,20)(H,19,21);4H,1-3H3;3H2,1-2H3;1-2H3/t14-;11-,13?;;;/m10.../s1. The van der Waals surface area contributed by atoms with E-state index in [2.05, 4.69) is 41.6 Å². The molecule has 0 bridgehead atoms. The summed E-state index contributed by atoms with van der Waals surface area (Å²) in [5, 5.41) is 4.07. The van der Waals surface area contributed by atoms with E-state index in [0.29, 0.717) is 60.5 Å². The second-order valence-electron chi connectivity index (χ2n) is 16.8. The van der Waals surface area contributed by atoms with E-state index in [4.69, 9.17) is 25.5 Å². The average Bonchev–Trinajstić information content (AvgIpc) is 3.85. The van der Waals surface area contributed by atoms with Crippen molar-refractivity contribution in [2.24, 2.45) is 5.92 Å². The van der Waals surface area contributed by atoms with E-state index in [9.17, 15) is 28.0 Å². The predicted molar refractivity (Wildman–Crippen MR) is 249 cm³/mol. The highest BCUT2D eigenvalue weighted by Crippen LogP contribution is 2.36. The summed E-state index contributed by atoms with van der Waals surface area (Å²) >= 11 is 6.00. The zero-order chi connectivity index (χ0) is 48.5. The fourth-order valence-electron chi connectivity index (χ4n) is 6.27. The van der Waals surface area contributed by atoms with Crippen molar-refractivity contribution in [3.8, 4) is 0 Å². The maximum atomic E-state index is 13.0. The highest BCUT2D eigenvalue weighted by Gasteiger charge is 2.29. The summed E-state index contributed by atoms with van der Waals surface area (Å²) in [6, 6.07) is 9.74. The summed E-state index contributed by atoms with van der Waals surface area (Å²) in [4.78, 5) is 56.7. The van der Waals surface area contributed by atoms with Gasteiger partial charge in [-0.25, -0.2) is 9.97 Å². The third-order valence-corrected chi connectivity index (χ3v) is 9.65. The highest BCUT2D eigenvalue weighted by atomic mass is 35.5. The number of halogens is 3. The molecule has 360 valence electrons. The van der Waals surface area contributed by atoms with Gasteiger partial charge in [-0.3, -0.25) is 19.2 Å². The zero-order valence-corrected chi connectivity index (χ0v) is 40.6. The van der Waals surface area contributed by atoms with E-state index in [1.807, 2.05) is 93.5 Å². The van der Waals surface area contributed by atoms with E-state index in [-0.39, 0.29) is 54.5 Å². The predicted octanol–water partition coefficient (Wildman–Crippen LogP) is 9.83. The van der Waals surface area contributed by atoms with Crippen molar-refractivity contribution in [1.29, 1.82) is 0 Å². The highest BCUT2D eigenvalue weighted by molar-refractivity contribution is 6.30. The van der Waals surface area contributed by atoms with Crippen molar-refractivity contribution >= 4 is 58.7 Å². The number of aromatic amines is 1. The molecule has 17 heteroatoms. The molecular formula is C47H72ClF2N5O9. The van der Waals surface area contributed by atoms with E-state index in [0.717, 1.165) is 48.3 Å². The number of hydrogen-bond acceptors (Lipinski definition) is 12. The van der Waals surface area contributed by atoms with Crippen LogP contribution in [0.15, 0.2) is 45.7 Å². The van der Waals surface area contributed by atoms with Crippen LogP contribution >= 0.6 is 11.6 Å². The van der Waals surface area contributed by atoms with Crippen LogP contribution in [-0.2, 0) is 39.9 Å². The summed E-state index contributed by atoms with van der Waals surface area (Å²) in [5.41, 5.74) is 2.08. The molecule has 5 rings (SSSR count). The van der Waals surface area contributed by atoms with Gasteiger partial charge in [-0.1, -0.05) is 44.5 Å². The van der Waals surface area contributed by atoms with Crippen LogP contribution < -0.4 is 15.8 Å². The number of alkyl halides is 2. The quantitative estimate of drug-likeness (QED) is 0.0715. The molecule has 4 heterocycles. The number of nitrogens with zero attached hydrogens (tertiary/aromatic N) is 3. The molecule has 1 aliphatic heterocycles. The molecule has 3 aromatic heterocycles. The summed E-state index contributed by atoms with van der Waals surface area (Å²) in [6.07, 6.45) is 4.23. The topological polar surface area (TPSA) is 175 Å². The van der Waals surface area contributed by atoms with Gasteiger partial charge in [-0.2, -0.15) is 8.78 Å². The average molecular weight is 925 g/mol. The molecule has 0 saturated carbocycles. The number of amides is 1. The number of para-hydroxylation sites is 1. The van der Waals surface area contributed by atoms with E-state index in [1.54, 1.807) is 13.2 Å². The number of aromatic nitrogens is 3. The van der Waals surface area contributed by atoms with Crippen molar-refractivity contribution in [3.63, 3.8) is 0 Å². The van der Waals surface area contributed by atoms with Crippen molar-refractivity contribution < 1.29 is 46.5 Å². The number of hydrogen-bond donors (Lipinski definition) is 2. The first-order valence-electron chi connectivity index (χ1n) is 21.9. The van der Waals surface area contributed by atoms with Gasteiger partial charge in [0.2, 0.25) is 6.41 Å². The minimum Gasteiger partial charge on any atom is -0.462 e. The maximum absolute atomic E-state index is 13.0. The van der Waals surface area contributed by atoms with Crippen molar-refractivity contribution in [2.45, 2.75) is 144 Å². The number of ether oxygens (including phenoxy) is 4. The second-order valence-corrected chi connectivity index (χ2v) is 17.3. The van der Waals surface area contributed by atoms with Gasteiger partial charge < -0.3 is 38.6 Å². The number of carbonyl (C=O) groups excluding carboxylic acids is 3. The second kappa shape index (κ2) is 29.1. The number of methoxy groups -OCH3 is 1. The lowest BCUT2D eigenvalue weighted by molar-refractivity contribution is -0.138. The Kier molecular flexibility index (Phi) is 26.2. The van der Waals surface area contributed by atoms with Crippen LogP contribution in [-0.4, -0.2) is 97.3 Å².